The molecular weight excluding hydrogens is 264 g/mol. The van der Waals surface area contributed by atoms with Gasteiger partial charge >= 0.3 is 0 Å². The van der Waals surface area contributed by atoms with Gasteiger partial charge in [0, 0.05) is 6.61 Å². The van der Waals surface area contributed by atoms with E-state index in [1.165, 1.54) is 0 Å². The molecule has 1 aromatic heterocycles. The third kappa shape index (κ3) is 3.33. The van der Waals surface area contributed by atoms with Gasteiger partial charge in [0.2, 0.25) is 0 Å². The van der Waals surface area contributed by atoms with E-state index >= 15 is 0 Å². The van der Waals surface area contributed by atoms with Gasteiger partial charge in [-0.05, 0) is 19.3 Å². The number of aliphatic hydroxyl groups is 4. The van der Waals surface area contributed by atoms with Crippen LogP contribution in [0.1, 0.15) is 18.5 Å². The SMILES string of the molecule is OCCCCc1cnnn1C[C@H]1N[C@H](CO)[C@@H](O)[C@@H]1O. The van der Waals surface area contributed by atoms with E-state index in [4.69, 9.17) is 10.2 Å². The van der Waals surface area contributed by atoms with E-state index in [2.05, 4.69) is 15.6 Å². The molecule has 0 aliphatic carbocycles. The quantitative estimate of drug-likeness (QED) is 0.355. The molecule has 2 rings (SSSR count). The molecule has 0 unspecified atom stereocenters. The number of aromatic nitrogens is 3. The second-order valence-corrected chi connectivity index (χ2v) is 5.13. The highest BCUT2D eigenvalue weighted by molar-refractivity contribution is 5.00. The van der Waals surface area contributed by atoms with Gasteiger partial charge in [0.25, 0.3) is 0 Å². The first-order chi connectivity index (χ1) is 9.67. The highest BCUT2D eigenvalue weighted by Crippen LogP contribution is 2.16. The Morgan fingerprint density at radius 1 is 1.15 bits per heavy atom. The fraction of sp³-hybridized carbons (Fsp3) is 0.833. The Morgan fingerprint density at radius 2 is 1.90 bits per heavy atom. The first-order valence-corrected chi connectivity index (χ1v) is 6.88. The Bertz CT molecular complexity index is 414. The fourth-order valence-corrected chi connectivity index (χ4v) is 2.50. The number of aryl methyl sites for hydroxylation is 1. The molecule has 0 aromatic carbocycles. The van der Waals surface area contributed by atoms with Crippen LogP contribution < -0.4 is 5.32 Å². The maximum Gasteiger partial charge on any atom is 0.0990 e. The molecule has 4 atom stereocenters. The largest absolute Gasteiger partial charge is 0.396 e. The van der Waals surface area contributed by atoms with Crippen molar-refractivity contribution in [2.24, 2.45) is 0 Å². The summed E-state index contributed by atoms with van der Waals surface area (Å²) in [5.74, 6) is 0. The summed E-state index contributed by atoms with van der Waals surface area (Å²) in [4.78, 5) is 0. The van der Waals surface area contributed by atoms with E-state index in [1.807, 2.05) is 0 Å². The summed E-state index contributed by atoms with van der Waals surface area (Å²) in [7, 11) is 0. The predicted octanol–water partition coefficient (Wildman–Crippen LogP) is -2.35. The maximum atomic E-state index is 9.94. The summed E-state index contributed by atoms with van der Waals surface area (Å²) in [6, 6.07) is -0.892. The number of hydrogen-bond acceptors (Lipinski definition) is 7. The van der Waals surface area contributed by atoms with Crippen molar-refractivity contribution in [1.82, 2.24) is 20.3 Å². The molecule has 114 valence electrons. The molecule has 1 aliphatic heterocycles. The summed E-state index contributed by atoms with van der Waals surface area (Å²) in [6.45, 7) is 0.313. The maximum absolute atomic E-state index is 9.94. The van der Waals surface area contributed by atoms with Crippen molar-refractivity contribution in [3.8, 4) is 0 Å². The second-order valence-electron chi connectivity index (χ2n) is 5.13. The molecule has 8 heteroatoms. The van der Waals surface area contributed by atoms with Gasteiger partial charge in [-0.15, -0.1) is 5.10 Å². The molecule has 2 heterocycles. The van der Waals surface area contributed by atoms with Crippen LogP contribution in [0.15, 0.2) is 6.20 Å². The molecule has 0 saturated carbocycles. The topological polar surface area (TPSA) is 124 Å². The normalized spacial score (nSPS) is 30.0. The van der Waals surface area contributed by atoms with Crippen LogP contribution in [0.25, 0.3) is 0 Å². The summed E-state index contributed by atoms with van der Waals surface area (Å²) < 4.78 is 1.69. The molecule has 8 nitrogen and oxygen atoms in total. The average Bonchev–Trinajstić information content (AvgIpc) is 2.99. The number of nitrogens with zero attached hydrogens (tertiary/aromatic N) is 3. The average molecular weight is 286 g/mol. The minimum Gasteiger partial charge on any atom is -0.396 e. The third-order valence-corrected chi connectivity index (χ3v) is 3.71. The molecule has 20 heavy (non-hydrogen) atoms. The molecular formula is C12H22N4O4. The number of unbranched alkanes of at least 4 members (excludes halogenated alkanes) is 1. The number of rotatable bonds is 7. The second kappa shape index (κ2) is 7.09. The molecule has 0 bridgehead atoms. The van der Waals surface area contributed by atoms with E-state index in [1.54, 1.807) is 10.9 Å². The van der Waals surface area contributed by atoms with Gasteiger partial charge in [0.15, 0.2) is 0 Å². The first-order valence-electron chi connectivity index (χ1n) is 6.88. The van der Waals surface area contributed by atoms with Crippen molar-refractivity contribution < 1.29 is 20.4 Å². The summed E-state index contributed by atoms with van der Waals surface area (Å²) in [5, 5.41) is 48.4. The standard InChI is InChI=1S/C12H22N4O4/c17-4-2-1-3-8-5-13-15-16(8)6-9-11(19)12(20)10(7-18)14-9/h5,9-12,14,17-20H,1-4,6-7H2/t9-,10-,11-,12-/m1/s1. The van der Waals surface area contributed by atoms with Crippen molar-refractivity contribution in [3.63, 3.8) is 0 Å². The Balaban J connectivity index is 1.95. The van der Waals surface area contributed by atoms with Crippen molar-refractivity contribution in [1.29, 1.82) is 0 Å². The zero-order valence-electron chi connectivity index (χ0n) is 11.3. The molecule has 5 N–H and O–H groups in total. The number of hydrogen-bond donors (Lipinski definition) is 5. The van der Waals surface area contributed by atoms with Crippen LogP contribution in [0.5, 0.6) is 0 Å². The molecule has 1 saturated heterocycles. The van der Waals surface area contributed by atoms with Gasteiger partial charge in [-0.2, -0.15) is 0 Å². The highest BCUT2D eigenvalue weighted by Gasteiger charge is 2.40. The van der Waals surface area contributed by atoms with Gasteiger partial charge in [0.1, 0.15) is 0 Å². The molecule has 1 aromatic rings. The lowest BCUT2D eigenvalue weighted by Gasteiger charge is -2.16. The van der Waals surface area contributed by atoms with Gasteiger partial charge in [-0.25, -0.2) is 4.68 Å². The van der Waals surface area contributed by atoms with E-state index < -0.39 is 18.2 Å². The monoisotopic (exact) mass is 286 g/mol. The summed E-state index contributed by atoms with van der Waals surface area (Å²) in [6.07, 6.45) is 2.06. The van der Waals surface area contributed by atoms with Gasteiger partial charge in [-0.3, -0.25) is 0 Å². The zero-order chi connectivity index (χ0) is 14.5. The molecule has 0 spiro atoms. The van der Waals surface area contributed by atoms with Crippen LogP contribution >= 0.6 is 0 Å². The van der Waals surface area contributed by atoms with Crippen LogP contribution in [0.3, 0.4) is 0 Å². The summed E-state index contributed by atoms with van der Waals surface area (Å²) >= 11 is 0. The summed E-state index contributed by atoms with van der Waals surface area (Å²) in [5.41, 5.74) is 0.925. The van der Waals surface area contributed by atoms with E-state index in [9.17, 15) is 10.2 Å². The predicted molar refractivity (Wildman–Crippen MR) is 69.9 cm³/mol. The Labute approximate surface area is 117 Å². The van der Waals surface area contributed by atoms with E-state index in [0.717, 1.165) is 25.0 Å². The van der Waals surface area contributed by atoms with Gasteiger partial charge in [0.05, 0.1) is 49.3 Å². The molecule has 1 fully saturated rings. The lowest BCUT2D eigenvalue weighted by molar-refractivity contribution is 0.0174. The smallest absolute Gasteiger partial charge is 0.0990 e. The highest BCUT2D eigenvalue weighted by atomic mass is 16.3. The first kappa shape index (κ1) is 15.3. The lowest BCUT2D eigenvalue weighted by Crippen LogP contribution is -2.38. The van der Waals surface area contributed by atoms with Crippen molar-refractivity contribution in [3.05, 3.63) is 11.9 Å². The Morgan fingerprint density at radius 3 is 2.55 bits per heavy atom. The minimum atomic E-state index is -0.980. The van der Waals surface area contributed by atoms with Crippen molar-refractivity contribution in [2.45, 2.75) is 50.1 Å². The van der Waals surface area contributed by atoms with Crippen LogP contribution in [0, 0.1) is 0 Å². The molecule has 1 aliphatic rings. The lowest BCUT2D eigenvalue weighted by atomic mass is 10.1. The molecule has 0 radical (unpaired) electrons. The van der Waals surface area contributed by atoms with Crippen LogP contribution in [-0.4, -0.2) is 72.9 Å². The van der Waals surface area contributed by atoms with E-state index in [-0.39, 0.29) is 19.3 Å². The number of aliphatic hydroxyl groups excluding tert-OH is 4. The van der Waals surface area contributed by atoms with Crippen molar-refractivity contribution in [2.75, 3.05) is 13.2 Å². The van der Waals surface area contributed by atoms with Crippen LogP contribution in [0.4, 0.5) is 0 Å². The Hall–Kier alpha value is -1.06. The third-order valence-electron chi connectivity index (χ3n) is 3.71. The van der Waals surface area contributed by atoms with Crippen molar-refractivity contribution >= 4 is 0 Å². The van der Waals surface area contributed by atoms with E-state index in [0.29, 0.717) is 6.54 Å². The van der Waals surface area contributed by atoms with Crippen LogP contribution in [-0.2, 0) is 13.0 Å². The number of nitrogens with one attached hydrogen (secondary N) is 1. The minimum absolute atomic E-state index is 0.162. The molecule has 0 amide bonds. The zero-order valence-corrected chi connectivity index (χ0v) is 11.3. The Kier molecular flexibility index (Phi) is 5.44. The van der Waals surface area contributed by atoms with Gasteiger partial charge < -0.3 is 25.7 Å². The fourth-order valence-electron chi connectivity index (χ4n) is 2.50. The van der Waals surface area contributed by atoms with Gasteiger partial charge in [-0.1, -0.05) is 5.21 Å². The van der Waals surface area contributed by atoms with Crippen LogP contribution in [0.2, 0.25) is 0 Å².